The Morgan fingerprint density at radius 1 is 0.941 bits per heavy atom. The Kier molecular flexibility index (Phi) is 13.0. The van der Waals surface area contributed by atoms with Gasteiger partial charge in [0.25, 0.3) is 0 Å². The first-order valence-corrected chi connectivity index (χ1v) is 6.16. The molecule has 0 aromatic carbocycles. The van der Waals surface area contributed by atoms with Gasteiger partial charge in [0.15, 0.2) is 0 Å². The molecular formula is C13H25NO3. The van der Waals surface area contributed by atoms with Crippen LogP contribution in [0.3, 0.4) is 0 Å². The minimum Gasteiger partial charge on any atom is -0.378 e. The number of nitrogens with zero attached hydrogens (tertiary/aromatic N) is 1. The van der Waals surface area contributed by atoms with Crippen molar-refractivity contribution >= 4 is 0 Å². The molecule has 4 heteroatoms. The molecule has 0 N–H and O–H groups in total. The summed E-state index contributed by atoms with van der Waals surface area (Å²) in [5.41, 5.74) is 0. The molecule has 0 fully saturated rings. The first-order chi connectivity index (χ1) is 8.31. The van der Waals surface area contributed by atoms with Gasteiger partial charge in [-0.3, -0.25) is 0 Å². The highest BCUT2D eigenvalue weighted by Crippen LogP contribution is 1.87. The van der Waals surface area contributed by atoms with Gasteiger partial charge in [-0.05, 0) is 20.0 Å². The molecule has 0 radical (unpaired) electrons. The highest BCUT2D eigenvalue weighted by Gasteiger charge is 1.96. The molecule has 4 nitrogen and oxygen atoms in total. The Bertz CT molecular complexity index is 192. The highest BCUT2D eigenvalue weighted by molar-refractivity contribution is 4.82. The fourth-order valence-electron chi connectivity index (χ4n) is 1.28. The molecule has 0 aromatic rings. The van der Waals surface area contributed by atoms with Gasteiger partial charge in [-0.15, -0.1) is 6.42 Å². The number of hydrogen-bond acceptors (Lipinski definition) is 4. The van der Waals surface area contributed by atoms with Crippen LogP contribution in [0, 0.1) is 12.3 Å². The second kappa shape index (κ2) is 13.5. The van der Waals surface area contributed by atoms with Crippen LogP contribution in [0.1, 0.15) is 13.3 Å². The molecule has 0 aromatic heterocycles. The van der Waals surface area contributed by atoms with Crippen LogP contribution >= 0.6 is 0 Å². The van der Waals surface area contributed by atoms with Crippen molar-refractivity contribution in [3.63, 3.8) is 0 Å². The molecule has 0 unspecified atom stereocenters. The van der Waals surface area contributed by atoms with E-state index in [1.807, 2.05) is 0 Å². The van der Waals surface area contributed by atoms with Crippen LogP contribution in [-0.4, -0.2) is 64.7 Å². The molecule has 0 aliphatic rings. The topological polar surface area (TPSA) is 30.9 Å². The van der Waals surface area contributed by atoms with Gasteiger partial charge in [0.1, 0.15) is 6.61 Å². The zero-order chi connectivity index (χ0) is 12.8. The number of rotatable bonds is 12. The maximum Gasteiger partial charge on any atom is 0.107 e. The summed E-state index contributed by atoms with van der Waals surface area (Å²) >= 11 is 0. The van der Waals surface area contributed by atoms with Gasteiger partial charge in [0, 0.05) is 6.54 Å². The van der Waals surface area contributed by atoms with E-state index in [4.69, 9.17) is 20.6 Å². The Labute approximate surface area is 105 Å². The molecular weight excluding hydrogens is 218 g/mol. The number of likely N-dealkylation sites (N-methyl/N-ethyl adjacent to an activating group) is 1. The van der Waals surface area contributed by atoms with Crippen molar-refractivity contribution in [1.29, 1.82) is 0 Å². The van der Waals surface area contributed by atoms with Crippen LogP contribution in [0.25, 0.3) is 0 Å². The summed E-state index contributed by atoms with van der Waals surface area (Å²) < 4.78 is 15.8. The monoisotopic (exact) mass is 243 g/mol. The van der Waals surface area contributed by atoms with Crippen LogP contribution in [0.5, 0.6) is 0 Å². The smallest absolute Gasteiger partial charge is 0.107 e. The quantitative estimate of drug-likeness (QED) is 0.378. The SMILES string of the molecule is C#CCOCCOCCOCCN(C)CCC. The summed E-state index contributed by atoms with van der Waals surface area (Å²) in [6.45, 7) is 7.73. The second-order valence-corrected chi connectivity index (χ2v) is 3.78. The van der Waals surface area contributed by atoms with E-state index < -0.39 is 0 Å². The Morgan fingerprint density at radius 2 is 1.53 bits per heavy atom. The molecule has 17 heavy (non-hydrogen) atoms. The highest BCUT2D eigenvalue weighted by atomic mass is 16.5. The lowest BCUT2D eigenvalue weighted by Crippen LogP contribution is -2.24. The molecule has 0 aliphatic carbocycles. The van der Waals surface area contributed by atoms with E-state index in [0.717, 1.165) is 19.7 Å². The molecule has 0 bridgehead atoms. The first kappa shape index (κ1) is 16.4. The van der Waals surface area contributed by atoms with E-state index in [9.17, 15) is 0 Å². The average molecular weight is 243 g/mol. The van der Waals surface area contributed by atoms with Crippen molar-refractivity contribution in [3.8, 4) is 12.3 Å². The van der Waals surface area contributed by atoms with E-state index in [1.54, 1.807) is 0 Å². The van der Waals surface area contributed by atoms with Gasteiger partial charge in [-0.2, -0.15) is 0 Å². The van der Waals surface area contributed by atoms with Gasteiger partial charge >= 0.3 is 0 Å². The Morgan fingerprint density at radius 3 is 2.12 bits per heavy atom. The lowest BCUT2D eigenvalue weighted by molar-refractivity contribution is 0.0168. The average Bonchev–Trinajstić information content (AvgIpc) is 2.32. The lowest BCUT2D eigenvalue weighted by atomic mass is 10.4. The standard InChI is InChI=1S/C13H25NO3/c1-4-6-14(3)7-9-16-11-13-17-12-10-15-8-5-2/h2H,4,6-13H2,1,3H3. The largest absolute Gasteiger partial charge is 0.378 e. The maximum absolute atomic E-state index is 5.44. The van der Waals surface area contributed by atoms with Gasteiger partial charge in [0.05, 0.1) is 33.0 Å². The van der Waals surface area contributed by atoms with Crippen molar-refractivity contribution in [2.75, 3.05) is 59.8 Å². The summed E-state index contributed by atoms with van der Waals surface area (Å²) in [7, 11) is 2.10. The van der Waals surface area contributed by atoms with Gasteiger partial charge in [0.2, 0.25) is 0 Å². The third-order valence-electron chi connectivity index (χ3n) is 2.15. The first-order valence-electron chi connectivity index (χ1n) is 6.16. The molecule has 100 valence electrons. The summed E-state index contributed by atoms with van der Waals surface area (Å²) in [5, 5.41) is 0. The minimum atomic E-state index is 0.351. The number of hydrogen-bond donors (Lipinski definition) is 0. The molecule has 0 atom stereocenters. The summed E-state index contributed by atoms with van der Waals surface area (Å²) in [6, 6.07) is 0. The molecule has 0 saturated carbocycles. The van der Waals surface area contributed by atoms with Crippen LogP contribution in [-0.2, 0) is 14.2 Å². The van der Waals surface area contributed by atoms with Gasteiger partial charge < -0.3 is 19.1 Å². The predicted molar refractivity (Wildman–Crippen MR) is 69.1 cm³/mol. The molecule has 0 saturated heterocycles. The van der Waals surface area contributed by atoms with Crippen molar-refractivity contribution in [3.05, 3.63) is 0 Å². The fourth-order valence-corrected chi connectivity index (χ4v) is 1.28. The van der Waals surface area contributed by atoms with E-state index in [0.29, 0.717) is 33.0 Å². The zero-order valence-electron chi connectivity index (χ0n) is 11.1. The Hall–Kier alpha value is -0.600. The number of ether oxygens (including phenoxy) is 3. The molecule has 0 heterocycles. The van der Waals surface area contributed by atoms with Crippen LogP contribution in [0.2, 0.25) is 0 Å². The third-order valence-corrected chi connectivity index (χ3v) is 2.15. The van der Waals surface area contributed by atoms with Crippen LogP contribution in [0.15, 0.2) is 0 Å². The fraction of sp³-hybridized carbons (Fsp3) is 0.846. The normalized spacial score (nSPS) is 10.7. The zero-order valence-corrected chi connectivity index (χ0v) is 11.1. The van der Waals surface area contributed by atoms with E-state index in [-0.39, 0.29) is 0 Å². The van der Waals surface area contributed by atoms with Crippen molar-refractivity contribution in [2.45, 2.75) is 13.3 Å². The maximum atomic E-state index is 5.44. The lowest BCUT2D eigenvalue weighted by Gasteiger charge is -2.15. The van der Waals surface area contributed by atoms with E-state index >= 15 is 0 Å². The molecule has 0 spiro atoms. The van der Waals surface area contributed by atoms with Crippen molar-refractivity contribution < 1.29 is 14.2 Å². The third kappa shape index (κ3) is 13.3. The molecule has 0 aliphatic heterocycles. The minimum absolute atomic E-state index is 0.351. The van der Waals surface area contributed by atoms with Crippen molar-refractivity contribution in [1.82, 2.24) is 4.90 Å². The van der Waals surface area contributed by atoms with Gasteiger partial charge in [-0.25, -0.2) is 0 Å². The van der Waals surface area contributed by atoms with E-state index in [2.05, 4.69) is 24.8 Å². The van der Waals surface area contributed by atoms with Crippen molar-refractivity contribution in [2.24, 2.45) is 0 Å². The predicted octanol–water partition coefficient (Wildman–Crippen LogP) is 1.01. The second-order valence-electron chi connectivity index (χ2n) is 3.78. The summed E-state index contributed by atoms with van der Waals surface area (Å²) in [4.78, 5) is 2.26. The summed E-state index contributed by atoms with van der Waals surface area (Å²) in [6.07, 6.45) is 6.21. The van der Waals surface area contributed by atoms with Gasteiger partial charge in [-0.1, -0.05) is 12.8 Å². The van der Waals surface area contributed by atoms with E-state index in [1.165, 1.54) is 6.42 Å². The molecule has 0 rings (SSSR count). The number of terminal acetylenes is 1. The van der Waals surface area contributed by atoms with Crippen LogP contribution in [0.4, 0.5) is 0 Å². The summed E-state index contributed by atoms with van der Waals surface area (Å²) in [5.74, 6) is 2.40. The Balaban J connectivity index is 3.01. The molecule has 0 amide bonds. The van der Waals surface area contributed by atoms with Crippen LogP contribution < -0.4 is 0 Å².